The maximum absolute atomic E-state index is 12.0. The molecule has 1 saturated heterocycles. The van der Waals surface area contributed by atoms with Crippen LogP contribution in [0.2, 0.25) is 0 Å². The summed E-state index contributed by atoms with van der Waals surface area (Å²) in [6.07, 6.45) is 4.72. The van der Waals surface area contributed by atoms with Gasteiger partial charge in [0.05, 0.1) is 0 Å². The summed E-state index contributed by atoms with van der Waals surface area (Å²) in [6, 6.07) is -0.0451. The number of carbonyl (C=O) groups excluding carboxylic acids is 1. The Morgan fingerprint density at radius 1 is 1.53 bits per heavy atom. The van der Waals surface area contributed by atoms with E-state index in [0.717, 1.165) is 18.9 Å². The Morgan fingerprint density at radius 3 is 2.82 bits per heavy atom. The number of hydrogen-bond acceptors (Lipinski definition) is 2. The normalized spacial score (nSPS) is 39.8. The number of amidine groups is 1. The molecule has 2 amide bonds. The first kappa shape index (κ1) is 11.1. The number of hydrogen-bond donors (Lipinski definition) is 2. The largest absolute Gasteiger partial charge is 0.323 e. The lowest BCUT2D eigenvalue weighted by Gasteiger charge is -2.40. The highest BCUT2D eigenvalue weighted by Crippen LogP contribution is 2.55. The van der Waals surface area contributed by atoms with Crippen LogP contribution in [-0.2, 0) is 0 Å². The van der Waals surface area contributed by atoms with E-state index in [2.05, 4.69) is 19.2 Å². The minimum Gasteiger partial charge on any atom is -0.311 e. The maximum Gasteiger partial charge on any atom is 0.323 e. The highest BCUT2D eigenvalue weighted by Gasteiger charge is 2.61. The van der Waals surface area contributed by atoms with E-state index in [1.165, 1.54) is 19.3 Å². The molecule has 3 rings (SSSR count). The van der Waals surface area contributed by atoms with Crippen molar-refractivity contribution in [2.45, 2.75) is 45.1 Å². The molecule has 3 fully saturated rings. The SMILES string of the molecule is CC(C)CN1C(=O)NC(=N)C12CC1CCC2C1. The number of carbonyl (C=O) groups is 1. The zero-order valence-electron chi connectivity index (χ0n) is 10.6. The molecule has 0 aromatic heterocycles. The minimum atomic E-state index is -0.260. The summed E-state index contributed by atoms with van der Waals surface area (Å²) < 4.78 is 0. The average Bonchev–Trinajstić information content (AvgIpc) is 2.89. The molecule has 4 heteroatoms. The molecule has 94 valence electrons. The predicted molar refractivity (Wildman–Crippen MR) is 66.0 cm³/mol. The van der Waals surface area contributed by atoms with Crippen LogP contribution < -0.4 is 5.32 Å². The van der Waals surface area contributed by atoms with Crippen molar-refractivity contribution in [2.24, 2.45) is 17.8 Å². The fourth-order valence-electron chi connectivity index (χ4n) is 4.15. The van der Waals surface area contributed by atoms with Crippen molar-refractivity contribution < 1.29 is 4.79 Å². The summed E-state index contributed by atoms with van der Waals surface area (Å²) in [6.45, 7) is 5.05. The van der Waals surface area contributed by atoms with Crippen LogP contribution in [0.5, 0.6) is 0 Å². The van der Waals surface area contributed by atoms with Gasteiger partial charge in [-0.25, -0.2) is 4.79 Å². The molecule has 1 spiro atoms. The smallest absolute Gasteiger partial charge is 0.311 e. The van der Waals surface area contributed by atoms with Gasteiger partial charge < -0.3 is 4.90 Å². The number of fused-ring (bicyclic) bond motifs is 3. The van der Waals surface area contributed by atoms with Gasteiger partial charge in [0.2, 0.25) is 0 Å². The van der Waals surface area contributed by atoms with Gasteiger partial charge in [-0.15, -0.1) is 0 Å². The zero-order chi connectivity index (χ0) is 12.2. The molecule has 3 aliphatic rings. The van der Waals surface area contributed by atoms with Crippen molar-refractivity contribution in [1.29, 1.82) is 5.41 Å². The highest BCUT2D eigenvalue weighted by atomic mass is 16.2. The Hall–Kier alpha value is -1.06. The third kappa shape index (κ3) is 1.36. The molecule has 2 N–H and O–H groups in total. The maximum atomic E-state index is 12.0. The Labute approximate surface area is 102 Å². The van der Waals surface area contributed by atoms with E-state index >= 15 is 0 Å². The minimum absolute atomic E-state index is 0.0451. The Kier molecular flexibility index (Phi) is 2.25. The molecule has 2 bridgehead atoms. The molecule has 4 nitrogen and oxygen atoms in total. The van der Waals surface area contributed by atoms with E-state index < -0.39 is 0 Å². The van der Waals surface area contributed by atoms with Gasteiger partial charge in [0.1, 0.15) is 11.4 Å². The lowest BCUT2D eigenvalue weighted by atomic mass is 9.79. The molecule has 0 radical (unpaired) electrons. The van der Waals surface area contributed by atoms with Gasteiger partial charge in [0.25, 0.3) is 0 Å². The number of nitrogens with zero attached hydrogens (tertiary/aromatic N) is 1. The molecule has 1 heterocycles. The van der Waals surface area contributed by atoms with Crippen molar-refractivity contribution in [3.63, 3.8) is 0 Å². The van der Waals surface area contributed by atoms with Gasteiger partial charge in [-0.3, -0.25) is 10.7 Å². The average molecular weight is 235 g/mol. The molecule has 3 atom stereocenters. The second-order valence-corrected chi connectivity index (χ2v) is 6.31. The number of amides is 2. The molecule has 17 heavy (non-hydrogen) atoms. The molecule has 2 aliphatic carbocycles. The number of urea groups is 1. The third-order valence-electron chi connectivity index (χ3n) is 4.76. The lowest BCUT2D eigenvalue weighted by Crippen LogP contribution is -2.54. The van der Waals surface area contributed by atoms with Gasteiger partial charge in [-0.05, 0) is 43.4 Å². The number of nitrogens with one attached hydrogen (secondary N) is 2. The van der Waals surface area contributed by atoms with E-state index in [1.807, 2.05) is 4.90 Å². The van der Waals surface area contributed by atoms with E-state index in [0.29, 0.717) is 17.7 Å². The Bertz CT molecular complexity index is 379. The summed E-state index contributed by atoms with van der Waals surface area (Å²) in [5.74, 6) is 2.19. The molecule has 1 aliphatic heterocycles. The fourth-order valence-corrected chi connectivity index (χ4v) is 4.15. The van der Waals surface area contributed by atoms with Crippen molar-refractivity contribution in [2.75, 3.05) is 6.54 Å². The van der Waals surface area contributed by atoms with Gasteiger partial charge in [0.15, 0.2) is 0 Å². The van der Waals surface area contributed by atoms with Crippen molar-refractivity contribution in [3.05, 3.63) is 0 Å². The first-order valence-corrected chi connectivity index (χ1v) is 6.71. The van der Waals surface area contributed by atoms with Crippen LogP contribution in [-0.4, -0.2) is 28.9 Å². The van der Waals surface area contributed by atoms with E-state index in [9.17, 15) is 4.79 Å². The highest BCUT2D eigenvalue weighted by molar-refractivity contribution is 6.09. The van der Waals surface area contributed by atoms with Crippen LogP contribution >= 0.6 is 0 Å². The quantitative estimate of drug-likeness (QED) is 0.757. The standard InChI is InChI=1S/C13H21N3O/c1-8(2)7-16-12(17)15-11(14)13(16)6-9-3-4-10(13)5-9/h8-10H,3-7H2,1-2H3,(H2,14,15,17). The zero-order valence-corrected chi connectivity index (χ0v) is 10.6. The Balaban J connectivity index is 1.95. The van der Waals surface area contributed by atoms with Crippen LogP contribution in [0, 0.1) is 23.2 Å². The molecular formula is C13H21N3O. The van der Waals surface area contributed by atoms with Crippen LogP contribution in [0.25, 0.3) is 0 Å². The monoisotopic (exact) mass is 235 g/mol. The van der Waals surface area contributed by atoms with Crippen molar-refractivity contribution in [3.8, 4) is 0 Å². The second-order valence-electron chi connectivity index (χ2n) is 6.31. The van der Waals surface area contributed by atoms with Crippen LogP contribution in [0.3, 0.4) is 0 Å². The molecular weight excluding hydrogens is 214 g/mol. The third-order valence-corrected chi connectivity index (χ3v) is 4.76. The van der Waals surface area contributed by atoms with Gasteiger partial charge in [-0.2, -0.15) is 0 Å². The predicted octanol–water partition coefficient (Wildman–Crippen LogP) is 2.20. The van der Waals surface area contributed by atoms with E-state index in [4.69, 9.17) is 5.41 Å². The summed E-state index contributed by atoms with van der Waals surface area (Å²) in [7, 11) is 0. The first-order valence-electron chi connectivity index (χ1n) is 6.71. The molecule has 3 unspecified atom stereocenters. The van der Waals surface area contributed by atoms with E-state index in [1.54, 1.807) is 0 Å². The fraction of sp³-hybridized carbons (Fsp3) is 0.846. The van der Waals surface area contributed by atoms with Crippen LogP contribution in [0.15, 0.2) is 0 Å². The lowest BCUT2D eigenvalue weighted by molar-refractivity contribution is 0.124. The topological polar surface area (TPSA) is 56.2 Å². The summed E-state index contributed by atoms with van der Waals surface area (Å²) in [5.41, 5.74) is -0.260. The molecule has 0 aromatic carbocycles. The molecule has 0 aromatic rings. The van der Waals surface area contributed by atoms with Crippen LogP contribution in [0.1, 0.15) is 39.5 Å². The number of rotatable bonds is 2. The van der Waals surface area contributed by atoms with Gasteiger partial charge >= 0.3 is 6.03 Å². The summed E-state index contributed by atoms with van der Waals surface area (Å²) >= 11 is 0. The first-order chi connectivity index (χ1) is 8.04. The van der Waals surface area contributed by atoms with Crippen molar-refractivity contribution >= 4 is 11.9 Å². The molecule has 2 saturated carbocycles. The summed E-state index contributed by atoms with van der Waals surface area (Å²) in [4.78, 5) is 14.0. The van der Waals surface area contributed by atoms with E-state index in [-0.39, 0.29) is 11.6 Å². The summed E-state index contributed by atoms with van der Waals surface area (Å²) in [5, 5.41) is 10.9. The Morgan fingerprint density at radius 2 is 2.29 bits per heavy atom. The van der Waals surface area contributed by atoms with Crippen molar-refractivity contribution in [1.82, 2.24) is 10.2 Å². The second kappa shape index (κ2) is 3.47. The van der Waals surface area contributed by atoms with Crippen LogP contribution in [0.4, 0.5) is 4.79 Å². The van der Waals surface area contributed by atoms with Gasteiger partial charge in [0, 0.05) is 6.54 Å². The van der Waals surface area contributed by atoms with Gasteiger partial charge in [-0.1, -0.05) is 13.8 Å².